The Balaban J connectivity index is 2.21. The molecule has 3 nitrogen and oxygen atoms in total. The Labute approximate surface area is 104 Å². The Morgan fingerprint density at radius 1 is 1.38 bits per heavy atom. The fraction of sp³-hybridized carbons (Fsp3) is 0.182. The molecule has 0 aliphatic heterocycles. The van der Waals surface area contributed by atoms with Gasteiger partial charge in [0.1, 0.15) is 0 Å². The second-order valence-corrected chi connectivity index (χ2v) is 4.28. The average molecular weight is 256 g/mol. The van der Waals surface area contributed by atoms with Gasteiger partial charge in [0.15, 0.2) is 0 Å². The zero-order chi connectivity index (χ0) is 11.5. The Hall–Kier alpha value is -1.19. The molecular formula is C11H11Cl2N3. The maximum Gasteiger partial charge on any atom is 0.0728 e. The smallest absolute Gasteiger partial charge is 0.0728 e. The number of halogens is 2. The van der Waals surface area contributed by atoms with E-state index in [1.807, 2.05) is 19.1 Å². The molecule has 2 N–H and O–H groups in total. The van der Waals surface area contributed by atoms with E-state index in [9.17, 15) is 0 Å². The second-order valence-electron chi connectivity index (χ2n) is 3.50. The van der Waals surface area contributed by atoms with Crippen molar-refractivity contribution in [2.45, 2.75) is 13.0 Å². The van der Waals surface area contributed by atoms with E-state index in [2.05, 4.69) is 15.5 Å². The quantitative estimate of drug-likeness (QED) is 0.874. The Morgan fingerprint density at radius 3 is 2.88 bits per heavy atom. The van der Waals surface area contributed by atoms with Crippen LogP contribution in [0.1, 0.15) is 18.5 Å². The van der Waals surface area contributed by atoms with Gasteiger partial charge in [-0.15, -0.1) is 0 Å². The van der Waals surface area contributed by atoms with Crippen LogP contribution in [0.2, 0.25) is 10.0 Å². The summed E-state index contributed by atoms with van der Waals surface area (Å²) in [5, 5.41) is 11.0. The van der Waals surface area contributed by atoms with Crippen LogP contribution in [0.25, 0.3) is 0 Å². The molecule has 0 saturated heterocycles. The van der Waals surface area contributed by atoms with Gasteiger partial charge in [0.2, 0.25) is 0 Å². The molecule has 2 rings (SSSR count). The third kappa shape index (κ3) is 2.31. The molecule has 0 saturated carbocycles. The minimum absolute atomic E-state index is 0.0730. The van der Waals surface area contributed by atoms with Gasteiger partial charge in [-0.3, -0.25) is 5.10 Å². The molecule has 1 unspecified atom stereocenters. The Morgan fingerprint density at radius 2 is 2.19 bits per heavy atom. The number of nitrogens with zero attached hydrogens (tertiary/aromatic N) is 1. The predicted molar refractivity (Wildman–Crippen MR) is 67.1 cm³/mol. The molecule has 1 heterocycles. The average Bonchev–Trinajstić information content (AvgIpc) is 2.74. The molecular weight excluding hydrogens is 245 g/mol. The summed E-state index contributed by atoms with van der Waals surface area (Å²) in [7, 11) is 0. The van der Waals surface area contributed by atoms with E-state index in [1.54, 1.807) is 18.5 Å². The van der Waals surface area contributed by atoms with E-state index >= 15 is 0 Å². The number of aromatic amines is 1. The topological polar surface area (TPSA) is 40.7 Å². The lowest BCUT2D eigenvalue weighted by Gasteiger charge is -2.16. The van der Waals surface area contributed by atoms with Gasteiger partial charge in [-0.25, -0.2) is 0 Å². The first-order valence-electron chi connectivity index (χ1n) is 4.87. The molecule has 1 aromatic carbocycles. The summed E-state index contributed by atoms with van der Waals surface area (Å²) in [5.74, 6) is 0. The SMILES string of the molecule is CC(Nc1cn[nH]c1)c1cccc(Cl)c1Cl. The molecule has 0 amide bonds. The van der Waals surface area contributed by atoms with Crippen molar-refractivity contribution in [3.63, 3.8) is 0 Å². The zero-order valence-corrected chi connectivity index (χ0v) is 10.2. The van der Waals surface area contributed by atoms with E-state index in [0.29, 0.717) is 10.0 Å². The van der Waals surface area contributed by atoms with Gasteiger partial charge < -0.3 is 5.32 Å². The summed E-state index contributed by atoms with van der Waals surface area (Å²) in [6.07, 6.45) is 3.50. The van der Waals surface area contributed by atoms with E-state index in [1.165, 1.54) is 0 Å². The summed E-state index contributed by atoms with van der Waals surface area (Å²) < 4.78 is 0. The molecule has 84 valence electrons. The number of benzene rings is 1. The van der Waals surface area contributed by atoms with Gasteiger partial charge in [0, 0.05) is 6.20 Å². The van der Waals surface area contributed by atoms with Crippen LogP contribution >= 0.6 is 23.2 Å². The van der Waals surface area contributed by atoms with Crippen molar-refractivity contribution < 1.29 is 0 Å². The van der Waals surface area contributed by atoms with Crippen molar-refractivity contribution in [3.05, 3.63) is 46.2 Å². The van der Waals surface area contributed by atoms with Gasteiger partial charge >= 0.3 is 0 Å². The van der Waals surface area contributed by atoms with Crippen molar-refractivity contribution >= 4 is 28.9 Å². The number of nitrogens with one attached hydrogen (secondary N) is 2. The second kappa shape index (κ2) is 4.76. The number of hydrogen-bond donors (Lipinski definition) is 2. The molecule has 0 spiro atoms. The van der Waals surface area contributed by atoms with Crippen molar-refractivity contribution in [1.82, 2.24) is 10.2 Å². The standard InChI is InChI=1S/C11H11Cl2N3/c1-7(16-8-5-14-15-6-8)9-3-2-4-10(12)11(9)13/h2-7,16H,1H3,(H,14,15). The van der Waals surface area contributed by atoms with Crippen LogP contribution in [0.5, 0.6) is 0 Å². The van der Waals surface area contributed by atoms with E-state index < -0.39 is 0 Å². The predicted octanol–water partition coefficient (Wildman–Crippen LogP) is 3.89. The zero-order valence-electron chi connectivity index (χ0n) is 8.67. The fourth-order valence-electron chi connectivity index (χ4n) is 1.51. The van der Waals surface area contributed by atoms with E-state index in [4.69, 9.17) is 23.2 Å². The molecule has 0 fully saturated rings. The van der Waals surface area contributed by atoms with Crippen molar-refractivity contribution in [2.75, 3.05) is 5.32 Å². The maximum atomic E-state index is 6.13. The first-order chi connectivity index (χ1) is 7.68. The van der Waals surface area contributed by atoms with Crippen LogP contribution in [-0.2, 0) is 0 Å². The Kier molecular flexibility index (Phi) is 3.36. The summed E-state index contributed by atoms with van der Waals surface area (Å²) in [6.45, 7) is 2.02. The first-order valence-corrected chi connectivity index (χ1v) is 5.63. The highest BCUT2D eigenvalue weighted by Crippen LogP contribution is 2.31. The fourth-order valence-corrected chi connectivity index (χ4v) is 1.98. The normalized spacial score (nSPS) is 12.4. The van der Waals surface area contributed by atoms with Crippen LogP contribution in [0, 0.1) is 0 Å². The molecule has 0 aliphatic carbocycles. The third-order valence-corrected chi connectivity index (χ3v) is 3.16. The summed E-state index contributed by atoms with van der Waals surface area (Å²) in [5.41, 5.74) is 1.89. The van der Waals surface area contributed by atoms with E-state index in [0.717, 1.165) is 11.3 Å². The Bertz CT molecular complexity index is 468. The van der Waals surface area contributed by atoms with Crippen molar-refractivity contribution in [2.24, 2.45) is 0 Å². The monoisotopic (exact) mass is 255 g/mol. The van der Waals surface area contributed by atoms with Crippen molar-refractivity contribution in [3.8, 4) is 0 Å². The van der Waals surface area contributed by atoms with Gasteiger partial charge in [-0.05, 0) is 18.6 Å². The lowest BCUT2D eigenvalue weighted by molar-refractivity contribution is 0.885. The van der Waals surface area contributed by atoms with Crippen LogP contribution < -0.4 is 5.32 Å². The molecule has 2 aromatic rings. The van der Waals surface area contributed by atoms with Crippen molar-refractivity contribution in [1.29, 1.82) is 0 Å². The van der Waals surface area contributed by atoms with Gasteiger partial charge in [0.05, 0.1) is 28.0 Å². The largest absolute Gasteiger partial charge is 0.376 e. The highest BCUT2D eigenvalue weighted by molar-refractivity contribution is 6.42. The molecule has 0 bridgehead atoms. The molecule has 16 heavy (non-hydrogen) atoms. The van der Waals surface area contributed by atoms with Crippen LogP contribution in [-0.4, -0.2) is 10.2 Å². The number of hydrogen-bond acceptors (Lipinski definition) is 2. The number of anilines is 1. The number of rotatable bonds is 3. The summed E-state index contributed by atoms with van der Waals surface area (Å²) >= 11 is 12.1. The minimum atomic E-state index is 0.0730. The van der Waals surface area contributed by atoms with Gasteiger partial charge in [-0.2, -0.15) is 5.10 Å². The molecule has 5 heteroatoms. The maximum absolute atomic E-state index is 6.13. The highest BCUT2D eigenvalue weighted by Gasteiger charge is 2.11. The van der Waals surface area contributed by atoms with Gasteiger partial charge in [0.25, 0.3) is 0 Å². The third-order valence-electron chi connectivity index (χ3n) is 2.33. The van der Waals surface area contributed by atoms with Crippen LogP contribution in [0.15, 0.2) is 30.6 Å². The lowest BCUT2D eigenvalue weighted by atomic mass is 10.1. The number of aromatic nitrogens is 2. The lowest BCUT2D eigenvalue weighted by Crippen LogP contribution is -2.06. The van der Waals surface area contributed by atoms with Gasteiger partial charge in [-0.1, -0.05) is 35.3 Å². The molecule has 0 aliphatic rings. The first kappa shape index (κ1) is 11.3. The van der Waals surface area contributed by atoms with E-state index in [-0.39, 0.29) is 6.04 Å². The highest BCUT2D eigenvalue weighted by atomic mass is 35.5. The minimum Gasteiger partial charge on any atom is -0.376 e. The molecule has 0 radical (unpaired) electrons. The molecule has 1 aromatic heterocycles. The van der Waals surface area contributed by atoms with Crippen LogP contribution in [0.3, 0.4) is 0 Å². The van der Waals surface area contributed by atoms with Crippen LogP contribution in [0.4, 0.5) is 5.69 Å². The summed E-state index contributed by atoms with van der Waals surface area (Å²) in [4.78, 5) is 0. The number of H-pyrrole nitrogens is 1. The summed E-state index contributed by atoms with van der Waals surface area (Å²) in [6, 6.07) is 5.69. The molecule has 1 atom stereocenters.